The van der Waals surface area contributed by atoms with Crippen LogP contribution in [-0.4, -0.2) is 57.1 Å². The van der Waals surface area contributed by atoms with Crippen LogP contribution < -0.4 is 9.80 Å². The van der Waals surface area contributed by atoms with Crippen molar-refractivity contribution < 1.29 is 14.8 Å². The Morgan fingerprint density at radius 1 is 1.18 bits per heavy atom. The minimum atomic E-state index is -0.497. The van der Waals surface area contributed by atoms with E-state index in [9.17, 15) is 20.0 Å². The van der Waals surface area contributed by atoms with Crippen LogP contribution in [0.3, 0.4) is 0 Å². The normalized spacial score (nSPS) is 16.7. The van der Waals surface area contributed by atoms with Crippen LogP contribution in [0, 0.1) is 16.0 Å². The van der Waals surface area contributed by atoms with Crippen LogP contribution in [0.15, 0.2) is 36.7 Å². The summed E-state index contributed by atoms with van der Waals surface area (Å²) < 4.78 is 0. The summed E-state index contributed by atoms with van der Waals surface area (Å²) in [5.41, 5.74) is 1.68. The quantitative estimate of drug-likeness (QED) is 0.449. The van der Waals surface area contributed by atoms with E-state index in [0.29, 0.717) is 58.7 Å². The van der Waals surface area contributed by atoms with Gasteiger partial charge >= 0.3 is 5.82 Å². The van der Waals surface area contributed by atoms with Gasteiger partial charge < -0.3 is 25.0 Å². The van der Waals surface area contributed by atoms with Gasteiger partial charge in [0.25, 0.3) is 5.91 Å². The number of piperidine rings is 1. The van der Waals surface area contributed by atoms with Crippen LogP contribution in [0.1, 0.15) is 28.2 Å². The molecule has 0 bridgehead atoms. The van der Waals surface area contributed by atoms with E-state index in [-0.39, 0.29) is 24.2 Å². The first-order valence-corrected chi connectivity index (χ1v) is 11.6. The van der Waals surface area contributed by atoms with Gasteiger partial charge in [0.1, 0.15) is 15.4 Å². The van der Waals surface area contributed by atoms with Crippen LogP contribution >= 0.6 is 11.3 Å². The zero-order chi connectivity index (χ0) is 22.9. The minimum absolute atomic E-state index is 0.159. The largest absolute Gasteiger partial charge is 0.396 e. The molecule has 0 radical (unpaired) electrons. The molecule has 1 N–H and O–H groups in total. The lowest BCUT2D eigenvalue weighted by Crippen LogP contribution is -2.36. The zero-order valence-corrected chi connectivity index (χ0v) is 18.6. The van der Waals surface area contributed by atoms with Crippen molar-refractivity contribution in [1.29, 1.82) is 0 Å². The molecule has 0 atom stereocenters. The number of aliphatic hydroxyl groups excluding tert-OH is 1. The molecule has 3 aromatic rings. The molecule has 3 aromatic heterocycles. The lowest BCUT2D eigenvalue weighted by molar-refractivity contribution is -0.388. The maximum absolute atomic E-state index is 13.1. The summed E-state index contributed by atoms with van der Waals surface area (Å²) in [6, 6.07) is 7.05. The van der Waals surface area contributed by atoms with E-state index in [1.165, 1.54) is 0 Å². The van der Waals surface area contributed by atoms with E-state index in [0.717, 1.165) is 24.2 Å². The number of carbonyl (C=O) groups excluding carboxylic acids is 1. The van der Waals surface area contributed by atoms with Gasteiger partial charge in [-0.25, -0.2) is 4.98 Å². The molecule has 5 rings (SSSR count). The van der Waals surface area contributed by atoms with Gasteiger partial charge in [0.2, 0.25) is 5.82 Å². The second-order valence-corrected chi connectivity index (χ2v) is 9.12. The van der Waals surface area contributed by atoms with Crippen LogP contribution in [0.25, 0.3) is 10.6 Å². The predicted molar refractivity (Wildman–Crippen MR) is 124 cm³/mol. The molecular weight excluding hydrogens is 444 g/mol. The minimum Gasteiger partial charge on any atom is -0.396 e. The van der Waals surface area contributed by atoms with E-state index in [1.54, 1.807) is 35.5 Å². The molecule has 1 fully saturated rings. The first kappa shape index (κ1) is 21.4. The molecule has 10 nitrogen and oxygen atoms in total. The third kappa shape index (κ3) is 4.05. The zero-order valence-electron chi connectivity index (χ0n) is 17.8. The smallest absolute Gasteiger partial charge is 0.376 e. The van der Waals surface area contributed by atoms with Gasteiger partial charge in [-0.1, -0.05) is 0 Å². The SMILES string of the molecule is O=C1c2sc(-c3ccc(N4CCC(CO)CC4)nc3[N+](=O)[O-])nc2CCN1c1cccnc1. The van der Waals surface area contributed by atoms with Gasteiger partial charge in [-0.2, -0.15) is 0 Å². The summed E-state index contributed by atoms with van der Waals surface area (Å²) >= 11 is 1.16. The van der Waals surface area contributed by atoms with Crippen molar-refractivity contribution in [1.82, 2.24) is 15.0 Å². The van der Waals surface area contributed by atoms with Crippen molar-refractivity contribution in [3.8, 4) is 10.6 Å². The molecule has 2 aliphatic heterocycles. The molecule has 1 amide bonds. The van der Waals surface area contributed by atoms with Gasteiger partial charge in [0.05, 0.1) is 17.6 Å². The second-order valence-electron chi connectivity index (χ2n) is 8.12. The number of hydrogen-bond donors (Lipinski definition) is 1. The average molecular weight is 467 g/mol. The standard InChI is InChI=1S/C22H22N6O4S/c29-13-14-5-9-26(10-6-14)18-4-3-16(20(25-18)28(31)32)21-24-17-7-11-27(22(30)19(17)33-21)15-2-1-8-23-12-15/h1-4,8,12,14,29H,5-7,9-11,13H2. The van der Waals surface area contributed by atoms with Crippen LogP contribution in [0.4, 0.5) is 17.3 Å². The van der Waals surface area contributed by atoms with Gasteiger partial charge in [-0.15, -0.1) is 11.3 Å². The van der Waals surface area contributed by atoms with Gasteiger partial charge in [-0.05, 0) is 46.9 Å². The van der Waals surface area contributed by atoms with Crippen molar-refractivity contribution in [2.75, 3.05) is 36.0 Å². The fourth-order valence-corrected chi connectivity index (χ4v) is 5.35. The topological polar surface area (TPSA) is 126 Å². The fraction of sp³-hybridized carbons (Fsp3) is 0.364. The number of carbonyl (C=O) groups is 1. The lowest BCUT2D eigenvalue weighted by atomic mass is 9.98. The number of fused-ring (bicyclic) bond motifs is 1. The molecule has 5 heterocycles. The Labute approximate surface area is 193 Å². The third-order valence-corrected chi connectivity index (χ3v) is 7.25. The Morgan fingerprint density at radius 2 is 2.00 bits per heavy atom. The number of pyridine rings is 2. The Balaban J connectivity index is 1.44. The molecule has 0 spiro atoms. The molecule has 0 aliphatic carbocycles. The van der Waals surface area contributed by atoms with Crippen LogP contribution in [-0.2, 0) is 6.42 Å². The molecular formula is C22H22N6O4S. The van der Waals surface area contributed by atoms with Crippen LogP contribution in [0.2, 0.25) is 0 Å². The number of thiazole rings is 1. The van der Waals surface area contributed by atoms with Crippen molar-refractivity contribution in [3.63, 3.8) is 0 Å². The first-order valence-electron chi connectivity index (χ1n) is 10.8. The summed E-state index contributed by atoms with van der Waals surface area (Å²) in [5, 5.41) is 21.6. The Hall–Kier alpha value is -3.44. The molecule has 170 valence electrons. The molecule has 33 heavy (non-hydrogen) atoms. The van der Waals surface area contributed by atoms with Gasteiger partial charge in [0, 0.05) is 44.9 Å². The highest BCUT2D eigenvalue weighted by Crippen LogP contribution is 2.37. The monoisotopic (exact) mass is 466 g/mol. The number of rotatable bonds is 5. The maximum Gasteiger partial charge on any atom is 0.376 e. The predicted octanol–water partition coefficient (Wildman–Crippen LogP) is 2.92. The molecule has 11 heteroatoms. The summed E-state index contributed by atoms with van der Waals surface area (Å²) in [7, 11) is 0. The number of hydrogen-bond acceptors (Lipinski definition) is 9. The molecule has 0 aromatic carbocycles. The highest BCUT2D eigenvalue weighted by molar-refractivity contribution is 7.17. The number of nitro groups is 1. The lowest BCUT2D eigenvalue weighted by Gasteiger charge is -2.30. The average Bonchev–Trinajstić information content (AvgIpc) is 3.30. The van der Waals surface area contributed by atoms with Gasteiger partial charge in [-0.3, -0.25) is 9.78 Å². The second kappa shape index (κ2) is 8.83. The van der Waals surface area contributed by atoms with E-state index in [4.69, 9.17) is 0 Å². The number of nitrogens with zero attached hydrogens (tertiary/aromatic N) is 6. The molecule has 0 saturated carbocycles. The van der Waals surface area contributed by atoms with E-state index < -0.39 is 4.92 Å². The fourth-order valence-electron chi connectivity index (χ4n) is 4.27. The number of amides is 1. The van der Waals surface area contributed by atoms with Crippen LogP contribution in [0.5, 0.6) is 0 Å². The first-order chi connectivity index (χ1) is 16.0. The highest BCUT2D eigenvalue weighted by atomic mass is 32.1. The Kier molecular flexibility index (Phi) is 5.73. The number of anilines is 2. The summed E-state index contributed by atoms with van der Waals surface area (Å²) in [5.74, 6) is 0.370. The summed E-state index contributed by atoms with van der Waals surface area (Å²) in [6.45, 7) is 2.02. The third-order valence-electron chi connectivity index (χ3n) is 6.13. The van der Waals surface area contributed by atoms with Crippen molar-refractivity contribution in [3.05, 3.63) is 57.3 Å². The van der Waals surface area contributed by atoms with E-state index in [1.807, 2.05) is 11.0 Å². The maximum atomic E-state index is 13.1. The van der Waals surface area contributed by atoms with E-state index in [2.05, 4.69) is 15.0 Å². The van der Waals surface area contributed by atoms with Gasteiger partial charge in [0.15, 0.2) is 0 Å². The Morgan fingerprint density at radius 3 is 2.70 bits per heavy atom. The van der Waals surface area contributed by atoms with E-state index >= 15 is 0 Å². The van der Waals surface area contributed by atoms with Crippen molar-refractivity contribution in [2.45, 2.75) is 19.3 Å². The van der Waals surface area contributed by atoms with Crippen molar-refractivity contribution >= 4 is 34.6 Å². The van der Waals surface area contributed by atoms with Crippen molar-refractivity contribution in [2.24, 2.45) is 5.92 Å². The highest BCUT2D eigenvalue weighted by Gasteiger charge is 2.32. The molecule has 2 aliphatic rings. The number of aromatic nitrogens is 3. The summed E-state index contributed by atoms with van der Waals surface area (Å²) in [6.07, 6.45) is 5.50. The number of aliphatic hydroxyl groups is 1. The molecule has 0 unspecified atom stereocenters. The Bertz CT molecular complexity index is 1190. The summed E-state index contributed by atoms with van der Waals surface area (Å²) in [4.78, 5) is 41.6. The molecule has 1 saturated heterocycles.